The Hall–Kier alpha value is -3.14. The van der Waals surface area contributed by atoms with Gasteiger partial charge < -0.3 is 15.5 Å². The van der Waals surface area contributed by atoms with Gasteiger partial charge in [-0.25, -0.2) is 13.9 Å². The van der Waals surface area contributed by atoms with E-state index < -0.39 is 18.4 Å². The third kappa shape index (κ3) is 3.59. The van der Waals surface area contributed by atoms with Gasteiger partial charge in [0, 0.05) is 11.8 Å². The number of amides is 1. The average molecular weight is 376 g/mol. The SMILES string of the molecule is O=C(O)CNC(=O)c1c(O)cc(SCc2ccccc2F)n2ncnc12. The van der Waals surface area contributed by atoms with Gasteiger partial charge >= 0.3 is 5.97 Å². The molecule has 2 heterocycles. The average Bonchev–Trinajstić information content (AvgIpc) is 3.08. The maximum atomic E-state index is 13.7. The van der Waals surface area contributed by atoms with Crippen LogP contribution in [0.25, 0.3) is 5.65 Å². The van der Waals surface area contributed by atoms with Crippen molar-refractivity contribution >= 4 is 29.3 Å². The fourth-order valence-corrected chi connectivity index (χ4v) is 3.26. The molecule has 3 N–H and O–H groups in total. The van der Waals surface area contributed by atoms with Crippen LogP contribution in [0.5, 0.6) is 5.75 Å². The number of hydrogen-bond donors (Lipinski definition) is 3. The summed E-state index contributed by atoms with van der Waals surface area (Å²) in [5.41, 5.74) is 0.372. The molecule has 2 aromatic heterocycles. The van der Waals surface area contributed by atoms with Gasteiger partial charge in [0.15, 0.2) is 5.65 Å². The van der Waals surface area contributed by atoms with E-state index >= 15 is 0 Å². The van der Waals surface area contributed by atoms with Crippen molar-refractivity contribution < 1.29 is 24.2 Å². The molecule has 0 saturated heterocycles. The van der Waals surface area contributed by atoms with Crippen molar-refractivity contribution in [1.82, 2.24) is 19.9 Å². The molecular weight excluding hydrogens is 363 g/mol. The monoisotopic (exact) mass is 376 g/mol. The summed E-state index contributed by atoms with van der Waals surface area (Å²) in [7, 11) is 0. The number of carbonyl (C=O) groups is 2. The first-order valence-corrected chi connectivity index (χ1v) is 8.38. The summed E-state index contributed by atoms with van der Waals surface area (Å²) in [4.78, 5) is 26.7. The largest absolute Gasteiger partial charge is 0.507 e. The molecule has 0 aliphatic carbocycles. The summed E-state index contributed by atoms with van der Waals surface area (Å²) in [6.07, 6.45) is 1.20. The first-order chi connectivity index (χ1) is 12.5. The van der Waals surface area contributed by atoms with Gasteiger partial charge in [0.2, 0.25) is 0 Å². The standard InChI is InChI=1S/C16H13FN4O4S/c17-10-4-2-1-3-9(10)7-26-12-5-11(22)14(15-19-8-20-21(12)15)16(25)18-6-13(23)24/h1-5,8,22H,6-7H2,(H,18,25)(H,23,24). The highest BCUT2D eigenvalue weighted by molar-refractivity contribution is 7.98. The molecule has 0 aliphatic heterocycles. The molecule has 26 heavy (non-hydrogen) atoms. The maximum Gasteiger partial charge on any atom is 0.322 e. The number of carbonyl (C=O) groups excluding carboxylic acids is 1. The Labute approximate surface area is 150 Å². The summed E-state index contributed by atoms with van der Waals surface area (Å²) in [5.74, 6) is -2.43. The predicted octanol–water partition coefficient (Wildman–Crippen LogP) is 1.68. The second-order valence-electron chi connectivity index (χ2n) is 5.19. The van der Waals surface area contributed by atoms with Crippen LogP contribution < -0.4 is 5.32 Å². The zero-order chi connectivity index (χ0) is 18.7. The fraction of sp³-hybridized carbons (Fsp3) is 0.125. The van der Waals surface area contributed by atoms with Crippen molar-refractivity contribution in [2.75, 3.05) is 6.54 Å². The van der Waals surface area contributed by atoms with Gasteiger partial charge in [-0.3, -0.25) is 9.59 Å². The molecule has 10 heteroatoms. The summed E-state index contributed by atoms with van der Waals surface area (Å²) in [6.45, 7) is -0.595. The van der Waals surface area contributed by atoms with E-state index in [0.717, 1.165) is 0 Å². The van der Waals surface area contributed by atoms with Crippen LogP contribution in [0.2, 0.25) is 0 Å². The lowest BCUT2D eigenvalue weighted by molar-refractivity contribution is -0.135. The van der Waals surface area contributed by atoms with Crippen LogP contribution in [0.3, 0.4) is 0 Å². The molecule has 0 atom stereocenters. The Morgan fingerprint density at radius 3 is 2.81 bits per heavy atom. The molecule has 134 valence electrons. The molecule has 0 fully saturated rings. The lowest BCUT2D eigenvalue weighted by Crippen LogP contribution is -2.29. The Kier molecular flexibility index (Phi) is 5.03. The second kappa shape index (κ2) is 7.40. The number of nitrogens with zero attached hydrogens (tertiary/aromatic N) is 3. The van der Waals surface area contributed by atoms with Gasteiger partial charge in [0.05, 0.1) is 0 Å². The Balaban J connectivity index is 1.91. The number of thioether (sulfide) groups is 1. The summed E-state index contributed by atoms with van der Waals surface area (Å²) in [6, 6.07) is 7.62. The highest BCUT2D eigenvalue weighted by Crippen LogP contribution is 2.30. The number of carboxylic acids is 1. The highest BCUT2D eigenvalue weighted by atomic mass is 32.2. The topological polar surface area (TPSA) is 117 Å². The summed E-state index contributed by atoms with van der Waals surface area (Å²) >= 11 is 1.21. The van der Waals surface area contributed by atoms with Crippen molar-refractivity contribution in [3.63, 3.8) is 0 Å². The number of pyridine rings is 1. The van der Waals surface area contributed by atoms with Gasteiger partial charge in [-0.15, -0.1) is 11.8 Å². The molecular formula is C16H13FN4O4S. The second-order valence-corrected chi connectivity index (χ2v) is 6.19. The zero-order valence-electron chi connectivity index (χ0n) is 13.2. The van der Waals surface area contributed by atoms with E-state index in [1.165, 1.54) is 34.7 Å². The zero-order valence-corrected chi connectivity index (χ0v) is 14.0. The third-order valence-corrected chi connectivity index (χ3v) is 4.50. The molecule has 3 rings (SSSR count). The molecule has 8 nitrogen and oxygen atoms in total. The fourth-order valence-electron chi connectivity index (χ4n) is 2.27. The smallest absolute Gasteiger partial charge is 0.322 e. The number of rotatable bonds is 6. The molecule has 1 amide bonds. The van der Waals surface area contributed by atoms with Crippen molar-refractivity contribution in [3.8, 4) is 5.75 Å². The van der Waals surface area contributed by atoms with Crippen LogP contribution in [0.4, 0.5) is 4.39 Å². The maximum absolute atomic E-state index is 13.7. The molecule has 0 aliphatic rings. The quantitative estimate of drug-likeness (QED) is 0.560. The van der Waals surface area contributed by atoms with E-state index in [1.807, 2.05) is 0 Å². The van der Waals surface area contributed by atoms with E-state index in [0.29, 0.717) is 10.6 Å². The summed E-state index contributed by atoms with van der Waals surface area (Å²) < 4.78 is 15.1. The van der Waals surface area contributed by atoms with Crippen molar-refractivity contribution in [2.24, 2.45) is 0 Å². The third-order valence-electron chi connectivity index (χ3n) is 3.46. The van der Waals surface area contributed by atoms with Crippen LogP contribution in [-0.4, -0.2) is 43.2 Å². The molecule has 0 bridgehead atoms. The van der Waals surface area contributed by atoms with E-state index in [4.69, 9.17) is 5.11 Å². The molecule has 0 unspecified atom stereocenters. The van der Waals surface area contributed by atoms with Gasteiger partial charge in [0.1, 0.15) is 35.0 Å². The lowest BCUT2D eigenvalue weighted by Gasteiger charge is -2.10. The Morgan fingerprint density at radius 1 is 1.31 bits per heavy atom. The van der Waals surface area contributed by atoms with E-state index in [9.17, 15) is 19.1 Å². The Bertz CT molecular complexity index is 992. The summed E-state index contributed by atoms with van der Waals surface area (Å²) in [5, 5.41) is 25.5. The molecule has 0 radical (unpaired) electrons. The molecule has 0 spiro atoms. The Morgan fingerprint density at radius 2 is 2.08 bits per heavy atom. The van der Waals surface area contributed by atoms with Crippen LogP contribution in [0, 0.1) is 5.82 Å². The van der Waals surface area contributed by atoms with Crippen LogP contribution >= 0.6 is 11.8 Å². The van der Waals surface area contributed by atoms with Crippen LogP contribution in [0.15, 0.2) is 41.7 Å². The highest BCUT2D eigenvalue weighted by Gasteiger charge is 2.21. The minimum atomic E-state index is -1.22. The van der Waals surface area contributed by atoms with Crippen molar-refractivity contribution in [1.29, 1.82) is 0 Å². The first kappa shape index (κ1) is 17.7. The number of carboxylic acid groups (broad SMARTS) is 1. The number of aromatic nitrogens is 3. The number of nitrogens with one attached hydrogen (secondary N) is 1. The number of aliphatic carboxylic acids is 1. The minimum absolute atomic E-state index is 0.0731. The molecule has 3 aromatic rings. The van der Waals surface area contributed by atoms with Gasteiger partial charge in [-0.05, 0) is 11.6 Å². The van der Waals surface area contributed by atoms with Crippen molar-refractivity contribution in [3.05, 3.63) is 53.6 Å². The van der Waals surface area contributed by atoms with Crippen molar-refractivity contribution in [2.45, 2.75) is 10.8 Å². The number of halogens is 1. The van der Waals surface area contributed by atoms with E-state index in [-0.39, 0.29) is 28.5 Å². The van der Waals surface area contributed by atoms with Gasteiger partial charge in [0.25, 0.3) is 5.91 Å². The molecule has 1 aromatic carbocycles. The van der Waals surface area contributed by atoms with Gasteiger partial charge in [-0.2, -0.15) is 5.10 Å². The number of aromatic hydroxyl groups is 1. The van der Waals surface area contributed by atoms with E-state index in [1.54, 1.807) is 18.2 Å². The lowest BCUT2D eigenvalue weighted by atomic mass is 10.2. The number of hydrogen-bond acceptors (Lipinski definition) is 6. The van der Waals surface area contributed by atoms with Crippen LogP contribution in [0.1, 0.15) is 15.9 Å². The number of fused-ring (bicyclic) bond motifs is 1. The number of benzene rings is 1. The molecule has 0 saturated carbocycles. The predicted molar refractivity (Wildman–Crippen MR) is 90.6 cm³/mol. The van der Waals surface area contributed by atoms with Gasteiger partial charge in [-0.1, -0.05) is 18.2 Å². The van der Waals surface area contributed by atoms with E-state index in [2.05, 4.69) is 15.4 Å². The van der Waals surface area contributed by atoms with Crippen LogP contribution in [-0.2, 0) is 10.5 Å². The first-order valence-electron chi connectivity index (χ1n) is 7.39. The minimum Gasteiger partial charge on any atom is -0.507 e. The normalized spacial score (nSPS) is 10.8.